The second kappa shape index (κ2) is 7.29. The maximum absolute atomic E-state index is 12.8. The zero-order chi connectivity index (χ0) is 18.1. The normalized spacial score (nSPS) is 28.3. The van der Waals surface area contributed by atoms with Crippen molar-refractivity contribution >= 4 is 23.4 Å². The van der Waals surface area contributed by atoms with Crippen LogP contribution in [0.5, 0.6) is 0 Å². The molecule has 6 heteroatoms. The molecule has 0 bridgehead atoms. The van der Waals surface area contributed by atoms with Gasteiger partial charge in [0.2, 0.25) is 11.8 Å². The number of likely N-dealkylation sites (tertiary alicyclic amines) is 1. The fraction of sp³-hybridized carbons (Fsp3) is 0.600. The number of quaternary nitrogens is 2. The lowest BCUT2D eigenvalue weighted by Crippen LogP contribution is -3.28. The molecule has 2 amide bonds. The van der Waals surface area contributed by atoms with E-state index >= 15 is 0 Å². The summed E-state index contributed by atoms with van der Waals surface area (Å²) >= 11 is 6.08. The van der Waals surface area contributed by atoms with Crippen molar-refractivity contribution in [2.45, 2.75) is 38.6 Å². The summed E-state index contributed by atoms with van der Waals surface area (Å²) in [4.78, 5) is 29.7. The number of nitrogens with one attached hydrogen (secondary N) is 2. The van der Waals surface area contributed by atoms with Gasteiger partial charge in [-0.05, 0) is 25.0 Å². The fourth-order valence-electron chi connectivity index (χ4n) is 4.91. The molecule has 2 saturated heterocycles. The van der Waals surface area contributed by atoms with E-state index in [0.29, 0.717) is 13.1 Å². The van der Waals surface area contributed by atoms with Crippen LogP contribution in [0.25, 0.3) is 0 Å². The summed E-state index contributed by atoms with van der Waals surface area (Å²) in [5, 5.41) is 0.790. The molecule has 0 atom stereocenters. The van der Waals surface area contributed by atoms with E-state index in [-0.39, 0.29) is 17.2 Å². The summed E-state index contributed by atoms with van der Waals surface area (Å²) in [6, 6.07) is 8.07. The Kier molecular flexibility index (Phi) is 5.04. The van der Waals surface area contributed by atoms with Gasteiger partial charge in [-0.15, -0.1) is 0 Å². The monoisotopic (exact) mass is 377 g/mol. The van der Waals surface area contributed by atoms with Crippen LogP contribution in [0.15, 0.2) is 24.3 Å². The van der Waals surface area contributed by atoms with Gasteiger partial charge >= 0.3 is 0 Å². The van der Waals surface area contributed by atoms with Gasteiger partial charge in [0.1, 0.15) is 32.7 Å². The first-order valence-electron chi connectivity index (χ1n) is 9.82. The average Bonchev–Trinajstić information content (AvgIpc) is 3.18. The molecule has 1 spiro atoms. The van der Waals surface area contributed by atoms with Crippen molar-refractivity contribution in [3.63, 3.8) is 0 Å². The van der Waals surface area contributed by atoms with E-state index in [2.05, 4.69) is 6.07 Å². The van der Waals surface area contributed by atoms with Crippen LogP contribution in [0, 0.1) is 5.41 Å². The Balaban J connectivity index is 1.30. The predicted octanol–water partition coefficient (Wildman–Crippen LogP) is -0.0998. The van der Waals surface area contributed by atoms with Crippen LogP contribution in [0.4, 0.5) is 0 Å². The van der Waals surface area contributed by atoms with Crippen molar-refractivity contribution in [2.24, 2.45) is 5.41 Å². The van der Waals surface area contributed by atoms with Crippen LogP contribution in [0.1, 0.15) is 37.7 Å². The molecule has 4 rings (SSSR count). The van der Waals surface area contributed by atoms with Gasteiger partial charge in [0.25, 0.3) is 0 Å². The predicted molar refractivity (Wildman–Crippen MR) is 98.8 cm³/mol. The van der Waals surface area contributed by atoms with Crippen molar-refractivity contribution < 1.29 is 19.4 Å². The van der Waals surface area contributed by atoms with Crippen molar-refractivity contribution in [2.75, 3.05) is 32.8 Å². The van der Waals surface area contributed by atoms with Crippen LogP contribution in [-0.2, 0) is 16.1 Å². The fourth-order valence-corrected chi connectivity index (χ4v) is 5.13. The summed E-state index contributed by atoms with van der Waals surface area (Å²) in [6.45, 7) is 5.66. The van der Waals surface area contributed by atoms with Gasteiger partial charge in [0.15, 0.2) is 6.67 Å². The zero-order valence-electron chi connectivity index (χ0n) is 15.2. The summed E-state index contributed by atoms with van der Waals surface area (Å²) in [7, 11) is 0. The van der Waals surface area contributed by atoms with Crippen molar-refractivity contribution in [1.82, 2.24) is 4.90 Å². The number of rotatable bonds is 4. The Hall–Kier alpha value is -1.43. The summed E-state index contributed by atoms with van der Waals surface area (Å²) < 4.78 is 0. The summed E-state index contributed by atoms with van der Waals surface area (Å²) in [6.07, 6.45) is 4.43. The largest absolute Gasteiger partial charge is 0.322 e. The highest BCUT2D eigenvalue weighted by Gasteiger charge is 2.53. The number of hydrogen-bond acceptors (Lipinski definition) is 2. The third-order valence-corrected chi connectivity index (χ3v) is 6.67. The number of amides is 2. The molecule has 1 saturated carbocycles. The number of benzene rings is 1. The summed E-state index contributed by atoms with van der Waals surface area (Å²) in [5.41, 5.74) is 0.930. The summed E-state index contributed by atoms with van der Waals surface area (Å²) in [5.74, 6) is 0.166. The van der Waals surface area contributed by atoms with Gasteiger partial charge in [0.05, 0.1) is 5.41 Å². The molecule has 2 N–H and O–H groups in total. The molecule has 3 aliphatic rings. The Bertz CT molecular complexity index is 694. The zero-order valence-corrected chi connectivity index (χ0v) is 16.0. The smallest absolute Gasteiger partial charge is 0.240 e. The lowest BCUT2D eigenvalue weighted by atomic mass is 9.85. The molecular formula is C20H28ClN3O2+2. The minimum atomic E-state index is -0.337. The van der Waals surface area contributed by atoms with Gasteiger partial charge in [-0.1, -0.05) is 36.6 Å². The van der Waals surface area contributed by atoms with Crippen LogP contribution in [0.2, 0.25) is 5.02 Å². The second-order valence-electron chi connectivity index (χ2n) is 8.26. The molecule has 26 heavy (non-hydrogen) atoms. The molecule has 0 radical (unpaired) electrons. The molecule has 140 valence electrons. The van der Waals surface area contributed by atoms with Crippen LogP contribution >= 0.6 is 11.6 Å². The number of piperazine rings is 1. The van der Waals surface area contributed by atoms with Crippen molar-refractivity contribution in [1.29, 1.82) is 0 Å². The van der Waals surface area contributed by atoms with Crippen LogP contribution in [-0.4, -0.2) is 49.6 Å². The maximum Gasteiger partial charge on any atom is 0.240 e. The third-order valence-electron chi connectivity index (χ3n) is 6.44. The molecule has 2 heterocycles. The Morgan fingerprint density at radius 2 is 1.73 bits per heavy atom. The Morgan fingerprint density at radius 3 is 2.42 bits per heavy atom. The van der Waals surface area contributed by atoms with Gasteiger partial charge in [-0.25, -0.2) is 4.90 Å². The Morgan fingerprint density at radius 1 is 1.04 bits per heavy atom. The van der Waals surface area contributed by atoms with E-state index in [0.717, 1.165) is 63.4 Å². The molecule has 1 aromatic carbocycles. The van der Waals surface area contributed by atoms with Crippen LogP contribution < -0.4 is 9.80 Å². The van der Waals surface area contributed by atoms with Crippen molar-refractivity contribution in [3.8, 4) is 0 Å². The second-order valence-corrected chi connectivity index (χ2v) is 8.69. The van der Waals surface area contributed by atoms with Crippen LogP contribution in [0.3, 0.4) is 0 Å². The highest BCUT2D eigenvalue weighted by atomic mass is 35.5. The quantitative estimate of drug-likeness (QED) is 0.720. The van der Waals surface area contributed by atoms with E-state index in [9.17, 15) is 9.59 Å². The Labute approximate surface area is 159 Å². The lowest BCUT2D eigenvalue weighted by molar-refractivity contribution is -1.02. The molecule has 1 aromatic rings. The average molecular weight is 378 g/mol. The number of nitrogens with zero attached hydrogens (tertiary/aromatic N) is 1. The minimum absolute atomic E-state index is 0.0538. The third kappa shape index (κ3) is 3.53. The molecule has 1 aliphatic carbocycles. The topological polar surface area (TPSA) is 46.3 Å². The standard InChI is InChI=1S/C20H26ClN3O2/c21-17-5-3-4-16(12-17)14-22-8-10-23(11-9-22)15-24-18(25)13-20(19(24)26)6-1-2-7-20/h3-5,12H,1-2,6-11,13-15H2/p+2. The van der Waals surface area contributed by atoms with E-state index in [1.54, 1.807) is 9.80 Å². The van der Waals surface area contributed by atoms with E-state index in [4.69, 9.17) is 11.6 Å². The first-order valence-corrected chi connectivity index (χ1v) is 10.2. The van der Waals surface area contributed by atoms with E-state index in [1.807, 2.05) is 18.2 Å². The van der Waals surface area contributed by atoms with Gasteiger partial charge in [-0.3, -0.25) is 9.59 Å². The number of carbonyl (C=O) groups is 2. The number of carbonyl (C=O) groups excluding carboxylic acids is 2. The minimum Gasteiger partial charge on any atom is -0.322 e. The van der Waals surface area contributed by atoms with E-state index < -0.39 is 0 Å². The SMILES string of the molecule is O=C1CC2(CCCC2)C(=O)N1C[NH+]1CC[NH+](Cc2cccc(Cl)c2)CC1. The maximum atomic E-state index is 12.8. The number of hydrogen-bond donors (Lipinski definition) is 2. The highest BCUT2D eigenvalue weighted by molar-refractivity contribution is 6.30. The lowest BCUT2D eigenvalue weighted by Gasteiger charge is -2.32. The molecular weight excluding hydrogens is 350 g/mol. The number of imide groups is 1. The molecule has 2 aliphatic heterocycles. The first kappa shape index (κ1) is 18.0. The van der Waals surface area contributed by atoms with Gasteiger partial charge < -0.3 is 9.80 Å². The molecule has 5 nitrogen and oxygen atoms in total. The van der Waals surface area contributed by atoms with Gasteiger partial charge in [-0.2, -0.15) is 0 Å². The van der Waals surface area contributed by atoms with E-state index in [1.165, 1.54) is 10.5 Å². The highest BCUT2D eigenvalue weighted by Crippen LogP contribution is 2.46. The molecule has 3 fully saturated rings. The number of halogens is 1. The van der Waals surface area contributed by atoms with Gasteiger partial charge in [0, 0.05) is 17.0 Å². The molecule has 0 aromatic heterocycles. The molecule has 0 unspecified atom stereocenters. The first-order chi connectivity index (χ1) is 12.6. The van der Waals surface area contributed by atoms with Crippen molar-refractivity contribution in [3.05, 3.63) is 34.9 Å².